The normalized spacial score (nSPS) is 10.4. The minimum absolute atomic E-state index is 0. The van der Waals surface area contributed by atoms with Crippen molar-refractivity contribution in [2.24, 2.45) is 0 Å². The second-order valence-electron chi connectivity index (χ2n) is 5.08. The van der Waals surface area contributed by atoms with Gasteiger partial charge in [-0.3, -0.25) is 9.59 Å². The number of quaternary nitrogens is 1. The molecule has 100 valence electrons. The van der Waals surface area contributed by atoms with Gasteiger partial charge in [0, 0.05) is 5.69 Å². The number of benzene rings is 1. The van der Waals surface area contributed by atoms with Crippen LogP contribution in [0, 0.1) is 0 Å². The molecule has 0 bridgehead atoms. The third kappa shape index (κ3) is 7.04. The van der Waals surface area contributed by atoms with Gasteiger partial charge in [0.25, 0.3) is 0 Å². The van der Waals surface area contributed by atoms with Crippen molar-refractivity contribution in [1.82, 2.24) is 0 Å². The van der Waals surface area contributed by atoms with Gasteiger partial charge in [0.15, 0.2) is 5.78 Å². The Balaban J connectivity index is 0.00000289. The minimum Gasteiger partial charge on any atom is -1.00 e. The number of hydrogen-bond donors (Lipinski definition) is 1. The highest BCUT2D eigenvalue weighted by Crippen LogP contribution is 2.05. The SMILES string of the molecule is C[N+](C)(C)CC(=O)CC(=O)Nc1ccccc1.[Cl-]. The number of nitrogens with zero attached hydrogens (tertiary/aromatic N) is 1. The fourth-order valence-electron chi connectivity index (χ4n) is 1.49. The third-order valence-corrected chi connectivity index (χ3v) is 2.07. The van der Waals surface area contributed by atoms with Gasteiger partial charge in [-0.05, 0) is 12.1 Å². The lowest BCUT2D eigenvalue weighted by atomic mass is 10.2. The number of para-hydroxylation sites is 1. The van der Waals surface area contributed by atoms with E-state index in [0.717, 1.165) is 5.69 Å². The average Bonchev–Trinajstić information content (AvgIpc) is 2.15. The van der Waals surface area contributed by atoms with E-state index in [2.05, 4.69) is 5.32 Å². The zero-order valence-corrected chi connectivity index (χ0v) is 11.7. The van der Waals surface area contributed by atoms with Crippen LogP contribution in [0.2, 0.25) is 0 Å². The van der Waals surface area contributed by atoms with Crippen LogP contribution < -0.4 is 17.7 Å². The molecule has 0 saturated carbocycles. The summed E-state index contributed by atoms with van der Waals surface area (Å²) in [6.45, 7) is 0.363. The molecule has 0 fully saturated rings. The van der Waals surface area contributed by atoms with Crippen LogP contribution in [0.15, 0.2) is 30.3 Å². The zero-order chi connectivity index (χ0) is 12.9. The zero-order valence-electron chi connectivity index (χ0n) is 10.9. The highest BCUT2D eigenvalue weighted by atomic mass is 35.5. The fraction of sp³-hybridized carbons (Fsp3) is 0.385. The monoisotopic (exact) mass is 270 g/mol. The van der Waals surface area contributed by atoms with E-state index in [1.54, 1.807) is 12.1 Å². The van der Waals surface area contributed by atoms with Gasteiger partial charge in [0.2, 0.25) is 5.91 Å². The van der Waals surface area contributed by atoms with Gasteiger partial charge >= 0.3 is 0 Å². The molecular formula is C13H19ClN2O2. The van der Waals surface area contributed by atoms with E-state index in [0.29, 0.717) is 11.0 Å². The summed E-state index contributed by atoms with van der Waals surface area (Å²) in [4.78, 5) is 23.2. The van der Waals surface area contributed by atoms with Gasteiger partial charge in [-0.2, -0.15) is 0 Å². The number of likely N-dealkylation sites (N-methyl/N-ethyl adjacent to an activating group) is 1. The van der Waals surface area contributed by atoms with E-state index in [1.165, 1.54) is 0 Å². The maximum Gasteiger partial charge on any atom is 0.232 e. The standard InChI is InChI=1S/C13H18N2O2.ClH/c1-15(2,3)10-12(16)9-13(17)14-11-7-5-4-6-8-11;/h4-8H,9-10H2,1-3H3;1H. The number of hydrogen-bond acceptors (Lipinski definition) is 2. The second-order valence-corrected chi connectivity index (χ2v) is 5.08. The highest BCUT2D eigenvalue weighted by Gasteiger charge is 2.17. The average molecular weight is 271 g/mol. The summed E-state index contributed by atoms with van der Waals surface area (Å²) in [6.07, 6.45) is -0.0651. The number of nitrogens with one attached hydrogen (secondary N) is 1. The predicted octanol–water partition coefficient (Wildman–Crippen LogP) is -1.71. The van der Waals surface area contributed by atoms with Crippen LogP contribution in [-0.2, 0) is 9.59 Å². The van der Waals surface area contributed by atoms with Gasteiger partial charge in [0.1, 0.15) is 6.54 Å². The molecule has 0 radical (unpaired) electrons. The predicted molar refractivity (Wildman–Crippen MR) is 67.6 cm³/mol. The van der Waals surface area contributed by atoms with Crippen molar-refractivity contribution < 1.29 is 26.5 Å². The molecule has 0 atom stereocenters. The topological polar surface area (TPSA) is 46.2 Å². The maximum atomic E-state index is 11.6. The first-order valence-electron chi connectivity index (χ1n) is 5.54. The molecular weight excluding hydrogens is 252 g/mol. The molecule has 1 aromatic carbocycles. The minimum atomic E-state index is -0.255. The van der Waals surface area contributed by atoms with Gasteiger partial charge in [-0.15, -0.1) is 0 Å². The smallest absolute Gasteiger partial charge is 0.232 e. The Labute approximate surface area is 114 Å². The molecule has 0 aromatic heterocycles. The van der Waals surface area contributed by atoms with Crippen LogP contribution in [-0.4, -0.2) is 43.9 Å². The summed E-state index contributed by atoms with van der Waals surface area (Å²) in [5.41, 5.74) is 0.718. The van der Waals surface area contributed by atoms with E-state index in [4.69, 9.17) is 0 Å². The number of anilines is 1. The van der Waals surface area contributed by atoms with E-state index in [-0.39, 0.29) is 30.5 Å². The first-order valence-corrected chi connectivity index (χ1v) is 5.54. The Hall–Kier alpha value is -1.39. The maximum absolute atomic E-state index is 11.6. The number of ketones is 1. The number of carbonyl (C=O) groups is 2. The molecule has 1 N–H and O–H groups in total. The summed E-state index contributed by atoms with van der Waals surface area (Å²) >= 11 is 0. The molecule has 4 nitrogen and oxygen atoms in total. The Bertz CT molecular complexity index is 399. The van der Waals surface area contributed by atoms with E-state index in [1.807, 2.05) is 39.3 Å². The van der Waals surface area contributed by atoms with Gasteiger partial charge < -0.3 is 22.2 Å². The lowest BCUT2D eigenvalue weighted by Crippen LogP contribution is -3.00. The molecule has 0 aliphatic rings. The molecule has 0 heterocycles. The van der Waals surface area contributed by atoms with E-state index in [9.17, 15) is 9.59 Å². The summed E-state index contributed by atoms with van der Waals surface area (Å²) in [5.74, 6) is -0.305. The number of Topliss-reactive ketones (excluding diaryl/α,β-unsaturated/α-hetero) is 1. The van der Waals surface area contributed by atoms with Crippen molar-refractivity contribution in [3.63, 3.8) is 0 Å². The molecule has 0 spiro atoms. The van der Waals surface area contributed by atoms with Crippen LogP contribution in [0.4, 0.5) is 5.69 Å². The number of carbonyl (C=O) groups excluding carboxylic acids is 2. The Morgan fingerprint density at radius 3 is 2.17 bits per heavy atom. The molecule has 1 rings (SSSR count). The summed E-state index contributed by atoms with van der Waals surface area (Å²) in [7, 11) is 5.77. The number of amides is 1. The van der Waals surface area contributed by atoms with Crippen LogP contribution in [0.1, 0.15) is 6.42 Å². The number of rotatable bonds is 5. The molecule has 18 heavy (non-hydrogen) atoms. The molecule has 1 amide bonds. The van der Waals surface area contributed by atoms with Gasteiger partial charge in [-0.25, -0.2) is 0 Å². The highest BCUT2D eigenvalue weighted by molar-refractivity contribution is 6.04. The Morgan fingerprint density at radius 1 is 1.11 bits per heavy atom. The molecule has 5 heteroatoms. The largest absolute Gasteiger partial charge is 1.00 e. The molecule has 1 aromatic rings. The molecule has 0 aliphatic carbocycles. The first kappa shape index (κ1) is 16.6. The summed E-state index contributed by atoms with van der Waals surface area (Å²) in [6, 6.07) is 9.13. The molecule has 0 aliphatic heterocycles. The van der Waals surface area contributed by atoms with Crippen LogP contribution in [0.25, 0.3) is 0 Å². The lowest BCUT2D eigenvalue weighted by molar-refractivity contribution is -0.862. The van der Waals surface area contributed by atoms with Crippen LogP contribution in [0.3, 0.4) is 0 Å². The second kappa shape index (κ2) is 7.13. The van der Waals surface area contributed by atoms with E-state index >= 15 is 0 Å². The number of halogens is 1. The van der Waals surface area contributed by atoms with E-state index < -0.39 is 0 Å². The van der Waals surface area contributed by atoms with Crippen LogP contribution >= 0.6 is 0 Å². The van der Waals surface area contributed by atoms with Crippen molar-refractivity contribution in [1.29, 1.82) is 0 Å². The summed E-state index contributed by atoms with van der Waals surface area (Å²) in [5, 5.41) is 2.69. The molecule has 0 unspecified atom stereocenters. The Morgan fingerprint density at radius 2 is 1.67 bits per heavy atom. The quantitative estimate of drug-likeness (QED) is 0.512. The molecule has 0 saturated heterocycles. The Kier molecular flexibility index (Phi) is 6.58. The fourth-order valence-corrected chi connectivity index (χ4v) is 1.49. The van der Waals surface area contributed by atoms with Crippen molar-refractivity contribution in [3.05, 3.63) is 30.3 Å². The van der Waals surface area contributed by atoms with Crippen molar-refractivity contribution in [2.45, 2.75) is 6.42 Å². The van der Waals surface area contributed by atoms with Crippen molar-refractivity contribution in [3.8, 4) is 0 Å². The van der Waals surface area contributed by atoms with Gasteiger partial charge in [-0.1, -0.05) is 18.2 Å². The van der Waals surface area contributed by atoms with Crippen molar-refractivity contribution in [2.75, 3.05) is 33.0 Å². The first-order chi connectivity index (χ1) is 7.87. The third-order valence-electron chi connectivity index (χ3n) is 2.07. The lowest BCUT2D eigenvalue weighted by Gasteiger charge is -2.22. The van der Waals surface area contributed by atoms with Gasteiger partial charge in [0.05, 0.1) is 27.6 Å². The summed E-state index contributed by atoms with van der Waals surface area (Å²) < 4.78 is 0.539. The van der Waals surface area contributed by atoms with Crippen molar-refractivity contribution >= 4 is 17.4 Å². The van der Waals surface area contributed by atoms with Crippen LogP contribution in [0.5, 0.6) is 0 Å².